The second-order valence-corrected chi connectivity index (χ2v) is 9.83. The van der Waals surface area contributed by atoms with Gasteiger partial charge < -0.3 is 19.5 Å². The van der Waals surface area contributed by atoms with Crippen molar-refractivity contribution >= 4 is 23.7 Å². The van der Waals surface area contributed by atoms with Crippen LogP contribution in [0.15, 0.2) is 48.5 Å². The number of amides is 2. The van der Waals surface area contributed by atoms with Crippen LogP contribution in [-0.4, -0.2) is 53.3 Å². The molecule has 1 saturated carbocycles. The van der Waals surface area contributed by atoms with Crippen molar-refractivity contribution in [1.29, 1.82) is 0 Å². The smallest absolute Gasteiger partial charge is 0.415 e. The summed E-state index contributed by atoms with van der Waals surface area (Å²) in [7, 11) is 1.58. The predicted molar refractivity (Wildman–Crippen MR) is 133 cm³/mol. The van der Waals surface area contributed by atoms with E-state index in [4.69, 9.17) is 9.47 Å². The van der Waals surface area contributed by atoms with Gasteiger partial charge in [-0.25, -0.2) is 9.59 Å². The number of hydrogen-bond donors (Lipinski definition) is 1. The number of para-hydroxylation sites is 1. The molecule has 2 aromatic rings. The van der Waals surface area contributed by atoms with Gasteiger partial charge in [-0.1, -0.05) is 36.8 Å². The summed E-state index contributed by atoms with van der Waals surface area (Å²) in [4.78, 5) is 42.7. The lowest BCUT2D eigenvalue weighted by Crippen LogP contribution is -2.53. The van der Waals surface area contributed by atoms with Crippen LogP contribution in [0.1, 0.15) is 62.1 Å². The molecule has 0 aromatic heterocycles. The Morgan fingerprint density at radius 2 is 1.61 bits per heavy atom. The van der Waals surface area contributed by atoms with Crippen molar-refractivity contribution in [2.45, 2.75) is 75.6 Å². The van der Waals surface area contributed by atoms with E-state index < -0.39 is 30.2 Å². The highest BCUT2D eigenvalue weighted by molar-refractivity contribution is 6.01. The molecule has 1 saturated heterocycles. The maximum absolute atomic E-state index is 14.1. The zero-order chi connectivity index (χ0) is 25.2. The molecular weight excluding hydrogens is 460 g/mol. The minimum absolute atomic E-state index is 0.152. The normalized spacial score (nSPS) is 23.9. The number of benzene rings is 2. The fraction of sp³-hybridized carbons (Fsp3) is 0.464. The van der Waals surface area contributed by atoms with Crippen molar-refractivity contribution in [2.24, 2.45) is 0 Å². The molecule has 0 bridgehead atoms. The molecule has 8 nitrogen and oxygen atoms in total. The molecule has 1 N–H and O–H groups in total. The Balaban J connectivity index is 1.45. The average Bonchev–Trinajstić information content (AvgIpc) is 3.51. The third-order valence-corrected chi connectivity index (χ3v) is 7.70. The number of fused-ring (bicyclic) bond motifs is 1. The first-order valence-corrected chi connectivity index (χ1v) is 12.7. The second kappa shape index (κ2) is 10.2. The van der Waals surface area contributed by atoms with Crippen LogP contribution in [0.2, 0.25) is 0 Å². The largest absolute Gasteiger partial charge is 0.497 e. The van der Waals surface area contributed by atoms with E-state index in [9.17, 15) is 19.5 Å². The number of ether oxygens (including phenoxy) is 2. The van der Waals surface area contributed by atoms with Crippen LogP contribution in [0.4, 0.5) is 10.5 Å². The van der Waals surface area contributed by atoms with E-state index in [1.165, 1.54) is 9.80 Å². The van der Waals surface area contributed by atoms with Crippen LogP contribution in [0.3, 0.4) is 0 Å². The highest BCUT2D eigenvalue weighted by Crippen LogP contribution is 2.41. The fourth-order valence-corrected chi connectivity index (χ4v) is 5.88. The lowest BCUT2D eigenvalue weighted by molar-refractivity contribution is -0.150. The summed E-state index contributed by atoms with van der Waals surface area (Å²) in [5.74, 6) is -0.712. The van der Waals surface area contributed by atoms with E-state index in [2.05, 4.69) is 0 Å². The Morgan fingerprint density at radius 3 is 2.31 bits per heavy atom. The Labute approximate surface area is 210 Å². The number of methoxy groups -OCH3 is 1. The molecule has 0 radical (unpaired) electrons. The molecule has 3 atom stereocenters. The minimum Gasteiger partial charge on any atom is -0.497 e. The molecule has 5 rings (SSSR count). The standard InChI is InChI=1S/C28H32N2O6/c1-35-20-13-11-18(12-14-20)23-15-16-24(27(32)33)29(23)26(31)25-17-19-7-5-6-10-22(19)30(25)28(34)36-21-8-3-2-4-9-21/h5-7,10-14,21,23-25H,2-4,8-9,15-17H2,1H3,(H,32,33)/t23-,24+,25+/m0/s1. The van der Waals surface area contributed by atoms with E-state index in [1.807, 2.05) is 48.5 Å². The van der Waals surface area contributed by atoms with Gasteiger partial charge in [-0.3, -0.25) is 9.69 Å². The first-order valence-electron chi connectivity index (χ1n) is 12.7. The van der Waals surface area contributed by atoms with Gasteiger partial charge in [-0.05, 0) is 67.9 Å². The summed E-state index contributed by atoms with van der Waals surface area (Å²) < 4.78 is 11.1. The number of carboxylic acids is 1. The number of rotatable bonds is 5. The molecule has 0 unspecified atom stereocenters. The highest BCUT2D eigenvalue weighted by atomic mass is 16.6. The molecule has 2 fully saturated rings. The first kappa shape index (κ1) is 24.2. The van der Waals surface area contributed by atoms with Gasteiger partial charge >= 0.3 is 12.1 Å². The molecule has 8 heteroatoms. The van der Waals surface area contributed by atoms with Crippen molar-refractivity contribution < 1.29 is 29.0 Å². The monoisotopic (exact) mass is 492 g/mol. The summed E-state index contributed by atoms with van der Waals surface area (Å²) in [6, 6.07) is 12.6. The second-order valence-electron chi connectivity index (χ2n) is 9.83. The Morgan fingerprint density at radius 1 is 0.889 bits per heavy atom. The third kappa shape index (κ3) is 4.52. The summed E-state index contributed by atoms with van der Waals surface area (Å²) in [6.07, 6.45) is 5.36. The predicted octanol–water partition coefficient (Wildman–Crippen LogP) is 4.71. The van der Waals surface area contributed by atoms with Crippen molar-refractivity contribution in [3.05, 3.63) is 59.7 Å². The third-order valence-electron chi connectivity index (χ3n) is 7.70. The molecule has 2 amide bonds. The van der Waals surface area contributed by atoms with Crippen LogP contribution in [0, 0.1) is 0 Å². The molecule has 2 aliphatic heterocycles. The molecule has 190 valence electrons. The summed E-state index contributed by atoms with van der Waals surface area (Å²) >= 11 is 0. The summed E-state index contributed by atoms with van der Waals surface area (Å²) in [6.45, 7) is 0. The molecule has 36 heavy (non-hydrogen) atoms. The molecule has 1 aliphatic carbocycles. The molecular formula is C28H32N2O6. The highest BCUT2D eigenvalue weighted by Gasteiger charge is 2.48. The quantitative estimate of drug-likeness (QED) is 0.649. The molecule has 2 aromatic carbocycles. The van der Waals surface area contributed by atoms with Gasteiger partial charge in [0.25, 0.3) is 0 Å². The molecule has 2 heterocycles. The van der Waals surface area contributed by atoms with E-state index in [0.717, 1.165) is 43.2 Å². The van der Waals surface area contributed by atoms with Crippen molar-refractivity contribution in [3.8, 4) is 5.75 Å². The number of anilines is 1. The number of carbonyl (C=O) groups excluding carboxylic acids is 2. The van der Waals surface area contributed by atoms with Gasteiger partial charge in [-0.2, -0.15) is 0 Å². The van der Waals surface area contributed by atoms with Crippen LogP contribution in [0.5, 0.6) is 5.75 Å². The minimum atomic E-state index is -1.04. The van der Waals surface area contributed by atoms with Crippen molar-refractivity contribution in [1.82, 2.24) is 4.90 Å². The zero-order valence-electron chi connectivity index (χ0n) is 20.5. The van der Waals surface area contributed by atoms with E-state index in [0.29, 0.717) is 30.7 Å². The number of likely N-dealkylation sites (tertiary alicyclic amines) is 1. The number of nitrogens with zero attached hydrogens (tertiary/aromatic N) is 2. The lowest BCUT2D eigenvalue weighted by atomic mass is 9.98. The van der Waals surface area contributed by atoms with Crippen molar-refractivity contribution in [2.75, 3.05) is 12.0 Å². The number of carbonyl (C=O) groups is 3. The summed E-state index contributed by atoms with van der Waals surface area (Å²) in [5.41, 5.74) is 2.38. The van der Waals surface area contributed by atoms with Gasteiger partial charge in [0.1, 0.15) is 23.9 Å². The van der Waals surface area contributed by atoms with Crippen LogP contribution in [0.25, 0.3) is 0 Å². The van der Waals surface area contributed by atoms with Crippen LogP contribution >= 0.6 is 0 Å². The maximum atomic E-state index is 14.1. The van der Waals surface area contributed by atoms with Crippen LogP contribution < -0.4 is 9.64 Å². The lowest BCUT2D eigenvalue weighted by Gasteiger charge is -2.34. The zero-order valence-corrected chi connectivity index (χ0v) is 20.5. The van der Waals surface area contributed by atoms with Crippen LogP contribution in [-0.2, 0) is 20.7 Å². The Bertz CT molecular complexity index is 1130. The topological polar surface area (TPSA) is 96.4 Å². The van der Waals surface area contributed by atoms with E-state index in [-0.39, 0.29) is 12.0 Å². The maximum Gasteiger partial charge on any atom is 0.415 e. The van der Waals surface area contributed by atoms with E-state index in [1.54, 1.807) is 7.11 Å². The Hall–Kier alpha value is -3.55. The van der Waals surface area contributed by atoms with E-state index >= 15 is 0 Å². The molecule has 0 spiro atoms. The number of hydrogen-bond acceptors (Lipinski definition) is 5. The average molecular weight is 493 g/mol. The number of aliphatic carboxylic acids is 1. The van der Waals surface area contributed by atoms with Gasteiger partial charge in [0, 0.05) is 6.42 Å². The van der Waals surface area contributed by atoms with Crippen molar-refractivity contribution in [3.63, 3.8) is 0 Å². The van der Waals surface area contributed by atoms with Gasteiger partial charge in [-0.15, -0.1) is 0 Å². The number of carboxylic acid groups (broad SMARTS) is 1. The van der Waals surface area contributed by atoms with Gasteiger partial charge in [0.2, 0.25) is 5.91 Å². The van der Waals surface area contributed by atoms with Gasteiger partial charge in [0.15, 0.2) is 0 Å². The SMILES string of the molecule is COc1ccc([C@@H]2CC[C@H](C(=O)O)N2C(=O)[C@H]2Cc3ccccc3N2C(=O)OC2CCCCC2)cc1. The summed E-state index contributed by atoms with van der Waals surface area (Å²) in [5, 5.41) is 9.97. The fourth-order valence-electron chi connectivity index (χ4n) is 5.88. The first-order chi connectivity index (χ1) is 17.5. The molecule has 3 aliphatic rings. The Kier molecular flexibility index (Phi) is 6.85. The van der Waals surface area contributed by atoms with Gasteiger partial charge in [0.05, 0.1) is 18.8 Å².